The van der Waals surface area contributed by atoms with Crippen molar-refractivity contribution in [2.75, 3.05) is 31.2 Å². The molecule has 0 radical (unpaired) electrons. The van der Waals surface area contributed by atoms with Gasteiger partial charge in [-0.3, -0.25) is 14.4 Å². The quantitative estimate of drug-likeness (QED) is 0.189. The molecule has 9 heteroatoms. The number of likely N-dealkylation sites (tertiary alicyclic amines) is 1. The number of ether oxygens (including phenoxy) is 2. The molecule has 1 aromatic carbocycles. The Morgan fingerprint density at radius 3 is 2.62 bits per heavy atom. The van der Waals surface area contributed by atoms with Crippen LogP contribution in [0, 0.1) is 25.7 Å². The number of benzene rings is 1. The lowest BCUT2D eigenvalue weighted by Gasteiger charge is -2.37. The number of alkyl halides is 1. The zero-order valence-electron chi connectivity index (χ0n) is 21.4. The van der Waals surface area contributed by atoms with E-state index in [1.54, 1.807) is 17.1 Å². The number of esters is 1. The topological polar surface area (TPSA) is 96.4 Å². The molecule has 2 bridgehead atoms. The van der Waals surface area contributed by atoms with Gasteiger partial charge in [-0.05, 0) is 44.2 Å². The molecule has 37 heavy (non-hydrogen) atoms. The molecule has 4 rings (SSSR count). The summed E-state index contributed by atoms with van der Waals surface area (Å²) in [5.41, 5.74) is 1.44. The number of halogens is 1. The SMILES string of the molecule is C=CCCOC(=O)[C@H]1[C@@H]2OC3(CC2Br)C(C(=O)N(CC=C)c2c(C)cccc2C)N(CCCO)C(=O)[C@H]13. The van der Waals surface area contributed by atoms with Crippen molar-refractivity contribution in [2.45, 2.75) is 55.7 Å². The van der Waals surface area contributed by atoms with Gasteiger partial charge in [-0.15, -0.1) is 13.2 Å². The highest BCUT2D eigenvalue weighted by atomic mass is 79.9. The van der Waals surface area contributed by atoms with Crippen molar-refractivity contribution in [3.05, 3.63) is 54.6 Å². The summed E-state index contributed by atoms with van der Waals surface area (Å²) in [7, 11) is 0. The first-order valence-corrected chi connectivity index (χ1v) is 13.6. The van der Waals surface area contributed by atoms with Crippen LogP contribution in [-0.2, 0) is 23.9 Å². The molecule has 0 aliphatic carbocycles. The highest BCUT2D eigenvalue weighted by Crippen LogP contribution is 2.60. The lowest BCUT2D eigenvalue weighted by molar-refractivity contribution is -0.154. The molecule has 2 amide bonds. The minimum absolute atomic E-state index is 0.132. The molecular formula is C28H35BrN2O6. The molecule has 0 saturated carbocycles. The van der Waals surface area contributed by atoms with Crippen LogP contribution in [0.5, 0.6) is 0 Å². The molecule has 8 nitrogen and oxygen atoms in total. The number of nitrogens with zero attached hydrogens (tertiary/aromatic N) is 2. The van der Waals surface area contributed by atoms with Crippen LogP contribution in [0.1, 0.15) is 30.4 Å². The number of aliphatic hydroxyl groups is 1. The summed E-state index contributed by atoms with van der Waals surface area (Å²) in [5, 5.41) is 9.55. The fourth-order valence-corrected chi connectivity index (χ4v) is 7.24. The molecule has 3 fully saturated rings. The van der Waals surface area contributed by atoms with Crippen molar-refractivity contribution >= 4 is 39.4 Å². The molecule has 3 heterocycles. The predicted octanol–water partition coefficient (Wildman–Crippen LogP) is 3.07. The number of carbonyl (C=O) groups is 3. The molecule has 200 valence electrons. The predicted molar refractivity (Wildman–Crippen MR) is 143 cm³/mol. The van der Waals surface area contributed by atoms with E-state index in [0.717, 1.165) is 16.8 Å². The zero-order chi connectivity index (χ0) is 26.9. The standard InChI is InChI=1S/C28H35BrN2O6/c1-5-7-15-36-27(35)20-21-25(33)31(13-9-14-32)24(28(21)16-19(29)23(20)37-28)26(34)30(12-6-2)22-17(3)10-8-11-18(22)4/h5-6,8,10-11,19-21,23-24,32H,1-2,7,9,12-16H2,3-4H3/t19?,20-,21+,23-,24?,28?/m1/s1. The maximum absolute atomic E-state index is 14.5. The number of hydrogen-bond acceptors (Lipinski definition) is 6. The fourth-order valence-electron chi connectivity index (χ4n) is 6.30. The molecule has 1 N–H and O–H groups in total. The van der Waals surface area contributed by atoms with E-state index in [0.29, 0.717) is 19.3 Å². The van der Waals surface area contributed by atoms with Gasteiger partial charge < -0.3 is 24.4 Å². The number of fused-ring (bicyclic) bond motifs is 1. The molecule has 1 spiro atoms. The van der Waals surface area contributed by atoms with Crippen molar-refractivity contribution in [1.29, 1.82) is 0 Å². The highest BCUT2D eigenvalue weighted by molar-refractivity contribution is 9.09. The number of rotatable bonds is 11. The lowest BCUT2D eigenvalue weighted by Crippen LogP contribution is -2.57. The van der Waals surface area contributed by atoms with E-state index < -0.39 is 35.6 Å². The fraction of sp³-hybridized carbons (Fsp3) is 0.536. The third-order valence-electron chi connectivity index (χ3n) is 7.71. The van der Waals surface area contributed by atoms with Gasteiger partial charge in [0.05, 0.1) is 24.5 Å². The molecule has 3 unspecified atom stereocenters. The van der Waals surface area contributed by atoms with Gasteiger partial charge in [-0.2, -0.15) is 0 Å². The summed E-state index contributed by atoms with van der Waals surface area (Å²) in [6.07, 6.45) is 3.96. The number of aliphatic hydroxyl groups excluding tert-OH is 1. The minimum Gasteiger partial charge on any atom is -0.465 e. The van der Waals surface area contributed by atoms with Crippen molar-refractivity contribution in [2.24, 2.45) is 11.8 Å². The van der Waals surface area contributed by atoms with E-state index in [4.69, 9.17) is 9.47 Å². The summed E-state index contributed by atoms with van der Waals surface area (Å²) >= 11 is 3.66. The molecule has 3 saturated heterocycles. The zero-order valence-corrected chi connectivity index (χ0v) is 23.0. The largest absolute Gasteiger partial charge is 0.465 e. The monoisotopic (exact) mass is 574 g/mol. The maximum Gasteiger partial charge on any atom is 0.312 e. The van der Waals surface area contributed by atoms with Crippen LogP contribution >= 0.6 is 15.9 Å². The normalized spacial score (nSPS) is 29.8. The third-order valence-corrected chi connectivity index (χ3v) is 8.55. The summed E-state index contributed by atoms with van der Waals surface area (Å²) in [4.78, 5) is 44.6. The number of carbonyl (C=O) groups excluding carboxylic acids is 3. The molecule has 6 atom stereocenters. The smallest absolute Gasteiger partial charge is 0.312 e. The Kier molecular flexibility index (Phi) is 8.26. The summed E-state index contributed by atoms with van der Waals surface area (Å²) in [6.45, 7) is 11.9. The van der Waals surface area contributed by atoms with Gasteiger partial charge in [0.25, 0.3) is 5.91 Å². The molecule has 3 aliphatic rings. The van der Waals surface area contributed by atoms with E-state index in [9.17, 15) is 19.5 Å². The highest BCUT2D eigenvalue weighted by Gasteiger charge is 2.77. The van der Waals surface area contributed by atoms with Crippen LogP contribution in [0.25, 0.3) is 0 Å². The lowest BCUT2D eigenvalue weighted by atomic mass is 9.70. The van der Waals surface area contributed by atoms with E-state index in [1.807, 2.05) is 32.0 Å². The van der Waals surface area contributed by atoms with Gasteiger partial charge in [0.2, 0.25) is 5.91 Å². The summed E-state index contributed by atoms with van der Waals surface area (Å²) in [6, 6.07) is 4.87. The van der Waals surface area contributed by atoms with Gasteiger partial charge in [-0.1, -0.05) is 46.3 Å². The van der Waals surface area contributed by atoms with Crippen molar-refractivity contribution in [3.8, 4) is 0 Å². The van der Waals surface area contributed by atoms with Crippen LogP contribution < -0.4 is 4.90 Å². The number of amides is 2. The van der Waals surface area contributed by atoms with E-state index in [1.165, 1.54) is 4.90 Å². The first-order chi connectivity index (χ1) is 17.7. The Morgan fingerprint density at radius 2 is 2.00 bits per heavy atom. The van der Waals surface area contributed by atoms with Crippen LogP contribution in [0.4, 0.5) is 5.69 Å². The van der Waals surface area contributed by atoms with Gasteiger partial charge in [0.1, 0.15) is 11.6 Å². The van der Waals surface area contributed by atoms with Crippen LogP contribution in [0.15, 0.2) is 43.5 Å². The third kappa shape index (κ3) is 4.55. The van der Waals surface area contributed by atoms with Crippen LogP contribution in [0.2, 0.25) is 0 Å². The van der Waals surface area contributed by atoms with Gasteiger partial charge in [0.15, 0.2) is 0 Å². The summed E-state index contributed by atoms with van der Waals surface area (Å²) < 4.78 is 12.0. The Bertz CT molecular complexity index is 1070. The molecule has 3 aliphatic heterocycles. The average Bonchev–Trinajstić information content (AvgIpc) is 3.45. The maximum atomic E-state index is 14.5. The van der Waals surface area contributed by atoms with E-state index in [-0.39, 0.29) is 42.9 Å². The van der Waals surface area contributed by atoms with Crippen molar-refractivity contribution < 1.29 is 29.0 Å². The average molecular weight is 576 g/mol. The Hall–Kier alpha value is -2.49. The molecular weight excluding hydrogens is 540 g/mol. The minimum atomic E-state index is -1.18. The second-order valence-electron chi connectivity index (χ2n) is 10.00. The number of aryl methyl sites for hydroxylation is 2. The van der Waals surface area contributed by atoms with Gasteiger partial charge >= 0.3 is 5.97 Å². The Labute approximate surface area is 226 Å². The van der Waals surface area contributed by atoms with Gasteiger partial charge in [0, 0.05) is 30.2 Å². The molecule has 0 aromatic heterocycles. The molecule has 1 aromatic rings. The van der Waals surface area contributed by atoms with E-state index >= 15 is 0 Å². The van der Waals surface area contributed by atoms with Crippen LogP contribution in [-0.4, -0.2) is 76.7 Å². The number of anilines is 1. The van der Waals surface area contributed by atoms with Crippen LogP contribution in [0.3, 0.4) is 0 Å². The van der Waals surface area contributed by atoms with Crippen molar-refractivity contribution in [3.63, 3.8) is 0 Å². The first kappa shape index (κ1) is 27.5. The second kappa shape index (κ2) is 11.1. The number of para-hydroxylation sites is 1. The second-order valence-corrected chi connectivity index (χ2v) is 11.2. The van der Waals surface area contributed by atoms with Crippen molar-refractivity contribution in [1.82, 2.24) is 4.90 Å². The van der Waals surface area contributed by atoms with Gasteiger partial charge in [-0.25, -0.2) is 0 Å². The first-order valence-electron chi connectivity index (χ1n) is 12.7. The number of hydrogen-bond donors (Lipinski definition) is 1. The Balaban J connectivity index is 1.78. The Morgan fingerprint density at radius 1 is 1.30 bits per heavy atom. The summed E-state index contributed by atoms with van der Waals surface area (Å²) in [5.74, 6) is -2.74. The van der Waals surface area contributed by atoms with E-state index in [2.05, 4.69) is 29.1 Å².